The number of unbranched alkanes of at least 4 members (excludes halogenated alkanes) is 6. The van der Waals surface area contributed by atoms with E-state index in [0.29, 0.717) is 12.8 Å². The monoisotopic (exact) mass is 816 g/mol. The lowest BCUT2D eigenvalue weighted by Gasteiger charge is -2.34. The van der Waals surface area contributed by atoms with Crippen molar-refractivity contribution in [2.45, 2.75) is 129 Å². The van der Waals surface area contributed by atoms with Crippen LogP contribution in [0, 0.1) is 0 Å². The van der Waals surface area contributed by atoms with Crippen molar-refractivity contribution in [1.29, 1.82) is 0 Å². The topological polar surface area (TPSA) is 102 Å². The lowest BCUT2D eigenvalue weighted by Crippen LogP contribution is -2.55. The molecule has 0 rings (SSSR count). The molecule has 0 radical (unpaired) electrons. The second kappa shape index (κ2) is 40.3. The number of carbonyl (C=O) groups is 3. The minimum atomic E-state index is -1.15. The van der Waals surface area contributed by atoms with E-state index < -0.39 is 18.1 Å². The van der Waals surface area contributed by atoms with Crippen molar-refractivity contribution in [3.05, 3.63) is 134 Å². The highest BCUT2D eigenvalue weighted by molar-refractivity contribution is 5.70. The van der Waals surface area contributed by atoms with Crippen molar-refractivity contribution >= 4 is 17.9 Å². The van der Waals surface area contributed by atoms with Gasteiger partial charge in [-0.2, -0.15) is 0 Å². The molecule has 0 heterocycles. The number of hydrogen-bond donors (Lipinski definition) is 0. The maximum atomic E-state index is 12.7. The Labute approximate surface area is 358 Å². The van der Waals surface area contributed by atoms with E-state index >= 15 is 0 Å². The maximum Gasteiger partial charge on any atom is 0.306 e. The standard InChI is InChI=1S/C51H77NO7/c1-6-8-10-12-14-16-18-20-22-24-25-26-28-30-32-34-36-38-40-42-50(54)59-47(45-57-44-43-48(51(55)56)52(3,4)5)46-58-49(53)41-39-37-35-33-31-29-27-23-21-19-17-15-13-11-9-7-2/h8-12,14-18,20-26,28-32,47-48H,6-7,13,19,27,33-46H2,1-5H3/b10-8+,11-9+,14-12+,17-15+,18-16+,22-20+,23-21+,25-24+,28-26+,31-29+,32-30+. The SMILES string of the molecule is CC/C=C/C=C/C=C/C=C/C=C/C=C/C=C/CCCCCC(=O)OC(COCCC(C(=O)[O-])[N+](C)(C)C)COC(=O)CCCCC/C=C/C/C=C/C/C=C/C/C=C/CC. The fourth-order valence-electron chi connectivity index (χ4n) is 5.40. The zero-order valence-corrected chi connectivity index (χ0v) is 37.1. The predicted molar refractivity (Wildman–Crippen MR) is 244 cm³/mol. The van der Waals surface area contributed by atoms with Crippen molar-refractivity contribution in [3.8, 4) is 0 Å². The number of aliphatic carboxylic acids is 1. The summed E-state index contributed by atoms with van der Waals surface area (Å²) in [5.41, 5.74) is 0. The summed E-state index contributed by atoms with van der Waals surface area (Å²) < 4.78 is 17.1. The third kappa shape index (κ3) is 38.7. The molecule has 2 unspecified atom stereocenters. The van der Waals surface area contributed by atoms with Crippen molar-refractivity contribution in [1.82, 2.24) is 0 Å². The van der Waals surface area contributed by atoms with Crippen LogP contribution in [0.4, 0.5) is 0 Å². The van der Waals surface area contributed by atoms with Gasteiger partial charge in [-0.25, -0.2) is 0 Å². The van der Waals surface area contributed by atoms with Gasteiger partial charge in [0, 0.05) is 19.3 Å². The van der Waals surface area contributed by atoms with Crippen LogP contribution in [0.5, 0.6) is 0 Å². The van der Waals surface area contributed by atoms with Gasteiger partial charge in [0.2, 0.25) is 0 Å². The van der Waals surface area contributed by atoms with E-state index in [1.807, 2.05) is 72.9 Å². The summed E-state index contributed by atoms with van der Waals surface area (Å²) >= 11 is 0. The Morgan fingerprint density at radius 3 is 1.49 bits per heavy atom. The number of carbonyl (C=O) groups excluding carboxylic acids is 3. The highest BCUT2D eigenvalue weighted by atomic mass is 16.6. The first-order valence-corrected chi connectivity index (χ1v) is 21.8. The van der Waals surface area contributed by atoms with E-state index in [1.54, 1.807) is 21.1 Å². The number of quaternary nitrogens is 1. The first-order valence-electron chi connectivity index (χ1n) is 21.8. The Bertz CT molecular complexity index is 1420. The molecule has 8 nitrogen and oxygen atoms in total. The van der Waals surface area contributed by atoms with Gasteiger partial charge in [0.25, 0.3) is 0 Å². The number of rotatable bonds is 36. The molecule has 0 aliphatic carbocycles. The largest absolute Gasteiger partial charge is 0.544 e. The molecular formula is C51H77NO7. The first kappa shape index (κ1) is 54.5. The minimum absolute atomic E-state index is 0.000429. The van der Waals surface area contributed by atoms with Gasteiger partial charge >= 0.3 is 11.9 Å². The van der Waals surface area contributed by atoms with Gasteiger partial charge < -0.3 is 28.6 Å². The number of ether oxygens (including phenoxy) is 3. The van der Waals surface area contributed by atoms with Crippen LogP contribution < -0.4 is 5.11 Å². The summed E-state index contributed by atoms with van der Waals surface area (Å²) in [6.07, 6.45) is 57.6. The van der Waals surface area contributed by atoms with Crippen molar-refractivity contribution < 1.29 is 38.2 Å². The maximum absolute atomic E-state index is 12.7. The molecule has 0 aromatic heterocycles. The van der Waals surface area contributed by atoms with Gasteiger partial charge in [-0.1, -0.05) is 160 Å². The van der Waals surface area contributed by atoms with Crippen LogP contribution in [0.15, 0.2) is 134 Å². The number of nitrogens with zero attached hydrogens (tertiary/aromatic N) is 1. The molecule has 8 heteroatoms. The fourth-order valence-corrected chi connectivity index (χ4v) is 5.40. The van der Waals surface area contributed by atoms with Crippen LogP contribution in [-0.4, -0.2) is 75.5 Å². The second-order valence-electron chi connectivity index (χ2n) is 15.0. The molecule has 328 valence electrons. The van der Waals surface area contributed by atoms with Crippen LogP contribution >= 0.6 is 0 Å². The summed E-state index contributed by atoms with van der Waals surface area (Å²) in [5, 5.41) is 11.6. The van der Waals surface area contributed by atoms with Crippen molar-refractivity contribution in [2.75, 3.05) is 41.0 Å². The molecule has 0 saturated heterocycles. The highest BCUT2D eigenvalue weighted by Crippen LogP contribution is 2.11. The van der Waals surface area contributed by atoms with Gasteiger partial charge in [0.1, 0.15) is 12.6 Å². The Hall–Kier alpha value is -4.53. The quantitative estimate of drug-likeness (QED) is 0.0204. The number of esters is 2. The third-order valence-corrected chi connectivity index (χ3v) is 8.73. The zero-order valence-electron chi connectivity index (χ0n) is 37.1. The number of likely N-dealkylation sites (N-methyl/N-ethyl adjacent to an activating group) is 1. The lowest BCUT2D eigenvalue weighted by atomic mass is 10.1. The molecule has 0 N–H and O–H groups in total. The third-order valence-electron chi connectivity index (χ3n) is 8.73. The molecule has 0 bridgehead atoms. The highest BCUT2D eigenvalue weighted by Gasteiger charge is 2.25. The van der Waals surface area contributed by atoms with Gasteiger partial charge in [-0.3, -0.25) is 9.59 Å². The molecular weight excluding hydrogens is 739 g/mol. The molecule has 0 aliphatic heterocycles. The number of carboxylic acid groups (broad SMARTS) is 1. The van der Waals surface area contributed by atoms with Crippen LogP contribution in [-0.2, 0) is 28.6 Å². The summed E-state index contributed by atoms with van der Waals surface area (Å²) in [5.74, 6) is -1.86. The molecule has 0 spiro atoms. The van der Waals surface area contributed by atoms with Crippen LogP contribution in [0.1, 0.15) is 117 Å². The molecule has 0 fully saturated rings. The molecule has 0 amide bonds. The lowest BCUT2D eigenvalue weighted by molar-refractivity contribution is -0.889. The van der Waals surface area contributed by atoms with E-state index in [9.17, 15) is 19.5 Å². The molecule has 0 saturated carbocycles. The summed E-state index contributed by atoms with van der Waals surface area (Å²) in [6, 6.07) is -0.749. The Morgan fingerprint density at radius 2 is 0.983 bits per heavy atom. The van der Waals surface area contributed by atoms with Gasteiger partial charge in [-0.05, 0) is 70.6 Å². The van der Waals surface area contributed by atoms with Gasteiger partial charge in [0.15, 0.2) is 6.10 Å². The average Bonchev–Trinajstić information content (AvgIpc) is 3.19. The number of carboxylic acids is 1. The average molecular weight is 816 g/mol. The number of allylic oxidation sites excluding steroid dienone is 22. The van der Waals surface area contributed by atoms with Crippen LogP contribution in [0.25, 0.3) is 0 Å². The summed E-state index contributed by atoms with van der Waals surface area (Å²) in [4.78, 5) is 36.9. The Kier molecular flexibility index (Phi) is 37.2. The second-order valence-corrected chi connectivity index (χ2v) is 15.0. The van der Waals surface area contributed by atoms with E-state index in [0.717, 1.165) is 77.0 Å². The van der Waals surface area contributed by atoms with E-state index in [2.05, 4.69) is 74.6 Å². The first-order chi connectivity index (χ1) is 28.6. The van der Waals surface area contributed by atoms with Gasteiger partial charge in [0.05, 0.1) is 40.3 Å². The number of hydrogen-bond acceptors (Lipinski definition) is 7. The minimum Gasteiger partial charge on any atom is -0.544 e. The Balaban J connectivity index is 4.56. The zero-order chi connectivity index (χ0) is 43.5. The Morgan fingerprint density at radius 1 is 0.525 bits per heavy atom. The smallest absolute Gasteiger partial charge is 0.306 e. The summed E-state index contributed by atoms with van der Waals surface area (Å²) in [7, 11) is 5.36. The van der Waals surface area contributed by atoms with Gasteiger partial charge in [-0.15, -0.1) is 0 Å². The fraction of sp³-hybridized carbons (Fsp3) is 0.510. The molecule has 59 heavy (non-hydrogen) atoms. The van der Waals surface area contributed by atoms with E-state index in [-0.39, 0.29) is 49.1 Å². The van der Waals surface area contributed by atoms with Crippen molar-refractivity contribution in [3.63, 3.8) is 0 Å². The normalized spacial score (nSPS) is 14.3. The van der Waals surface area contributed by atoms with Crippen LogP contribution in [0.3, 0.4) is 0 Å². The van der Waals surface area contributed by atoms with E-state index in [1.165, 1.54) is 0 Å². The molecule has 2 atom stereocenters. The predicted octanol–water partition coefficient (Wildman–Crippen LogP) is 10.7. The van der Waals surface area contributed by atoms with Crippen LogP contribution in [0.2, 0.25) is 0 Å². The van der Waals surface area contributed by atoms with E-state index in [4.69, 9.17) is 14.2 Å². The molecule has 0 aromatic rings. The summed E-state index contributed by atoms with van der Waals surface area (Å²) in [6.45, 7) is 4.28. The van der Waals surface area contributed by atoms with Crippen molar-refractivity contribution in [2.24, 2.45) is 0 Å². The molecule has 0 aromatic carbocycles. The molecule has 0 aliphatic rings.